The smallest absolute Gasteiger partial charge is 0.341 e. The predicted octanol–water partition coefficient (Wildman–Crippen LogP) is 8.88. The number of aliphatic hydroxyl groups is 4. The Morgan fingerprint density at radius 2 is 1.18 bits per heavy atom. The number of benzene rings is 2. The average Bonchev–Trinajstić information content (AvgIpc) is 3.65. The average molecular weight is 794 g/mol. The molecule has 57 heavy (non-hydrogen) atoms. The molecule has 4 aliphatic rings. The van der Waals surface area contributed by atoms with Gasteiger partial charge < -0.3 is 35.0 Å². The summed E-state index contributed by atoms with van der Waals surface area (Å²) < 4.78 is 11.1. The molecule has 2 saturated carbocycles. The van der Waals surface area contributed by atoms with Crippen molar-refractivity contribution in [3.8, 4) is 17.6 Å². The Hall–Kier alpha value is -3.16. The van der Waals surface area contributed by atoms with Crippen LogP contribution in [0.25, 0.3) is 0 Å². The van der Waals surface area contributed by atoms with Crippen molar-refractivity contribution < 1.29 is 39.8 Å². The van der Waals surface area contributed by atoms with E-state index in [2.05, 4.69) is 26.0 Å². The molecule has 0 aromatic heterocycles. The maximum Gasteiger partial charge on any atom is 0.341 e. The van der Waals surface area contributed by atoms with Crippen molar-refractivity contribution >= 4 is 5.97 Å². The van der Waals surface area contributed by atoms with Gasteiger partial charge >= 0.3 is 5.97 Å². The molecule has 9 heteroatoms. The molecule has 320 valence electrons. The van der Waals surface area contributed by atoms with Gasteiger partial charge in [0.15, 0.2) is 13.2 Å². The molecule has 2 fully saturated rings. The second kappa shape index (κ2) is 24.1. The number of nitrogens with zero attached hydrogens (tertiary/aromatic N) is 1. The maximum absolute atomic E-state index is 10.8. The van der Waals surface area contributed by atoms with E-state index in [9.17, 15) is 25.2 Å². The first-order valence-electron chi connectivity index (χ1n) is 21.4. The van der Waals surface area contributed by atoms with Gasteiger partial charge in [0, 0.05) is 0 Å². The summed E-state index contributed by atoms with van der Waals surface area (Å²) in [7, 11) is 0. The fraction of sp³-hybridized carbons (Fsp3) is 0.708. The van der Waals surface area contributed by atoms with Gasteiger partial charge in [-0.1, -0.05) is 91.5 Å². The highest BCUT2D eigenvalue weighted by Crippen LogP contribution is 2.50. The molecule has 0 spiro atoms. The molecule has 0 aliphatic heterocycles. The molecule has 0 unspecified atom stereocenters. The Kier molecular flexibility index (Phi) is 20.3. The van der Waals surface area contributed by atoms with Gasteiger partial charge in [0.1, 0.15) is 17.6 Å². The third-order valence-corrected chi connectivity index (χ3v) is 13.3. The van der Waals surface area contributed by atoms with Crippen LogP contribution >= 0.6 is 0 Å². The van der Waals surface area contributed by atoms with Crippen LogP contribution in [0.5, 0.6) is 11.5 Å². The lowest BCUT2D eigenvalue weighted by atomic mass is 9.73. The first-order valence-corrected chi connectivity index (χ1v) is 21.4. The highest BCUT2D eigenvalue weighted by Gasteiger charge is 2.46. The van der Waals surface area contributed by atoms with Crippen molar-refractivity contribution in [3.63, 3.8) is 0 Å². The van der Waals surface area contributed by atoms with Gasteiger partial charge in [0.25, 0.3) is 0 Å². The number of nitriles is 1. The number of carbonyl (C=O) groups is 1. The molecule has 0 bridgehead atoms. The monoisotopic (exact) mass is 794 g/mol. The minimum absolute atomic E-state index is 0. The fourth-order valence-electron chi connectivity index (χ4n) is 10.4. The van der Waals surface area contributed by atoms with E-state index in [0.717, 1.165) is 114 Å². The van der Waals surface area contributed by atoms with Gasteiger partial charge in [-0.25, -0.2) is 4.79 Å². The lowest BCUT2D eigenvalue weighted by Crippen LogP contribution is -2.28. The van der Waals surface area contributed by atoms with Crippen LogP contribution in [0.3, 0.4) is 0 Å². The Labute approximate surface area is 343 Å². The van der Waals surface area contributed by atoms with Gasteiger partial charge in [-0.2, -0.15) is 5.26 Å². The summed E-state index contributed by atoms with van der Waals surface area (Å²) in [4.78, 5) is 10.8. The molecule has 5 N–H and O–H groups in total. The Balaban J connectivity index is 0.000000295. The number of rotatable bonds is 19. The van der Waals surface area contributed by atoms with Crippen LogP contribution in [0.4, 0.5) is 0 Å². The minimum Gasteiger partial charge on any atom is -0.482 e. The molecule has 0 amide bonds. The van der Waals surface area contributed by atoms with E-state index < -0.39 is 5.97 Å². The molecule has 0 heterocycles. The second-order valence-electron chi connectivity index (χ2n) is 17.0. The molecule has 6 rings (SSSR count). The summed E-state index contributed by atoms with van der Waals surface area (Å²) in [6.45, 7) is 4.09. The third-order valence-electron chi connectivity index (χ3n) is 13.3. The number of aliphatic hydroxyl groups excluding tert-OH is 4. The van der Waals surface area contributed by atoms with E-state index in [1.165, 1.54) is 29.5 Å². The molecule has 2 aromatic carbocycles. The summed E-state index contributed by atoms with van der Waals surface area (Å²) >= 11 is 0. The largest absolute Gasteiger partial charge is 0.482 e. The van der Waals surface area contributed by atoms with Crippen molar-refractivity contribution in [2.45, 2.75) is 169 Å². The van der Waals surface area contributed by atoms with Crippen molar-refractivity contribution in [1.82, 2.24) is 0 Å². The SMILES string of the molecule is C.C.CCCCC[C@@H](O)CC[C@@H]1[C@H]2Cc3cccc(OCC#N)c3C[C@H]2C[C@H]1O.CCCCC[C@@H](O)CC[C@@H]1[C@H]2Cc3cccc(OCC(=O)O)c3C[C@H]2C[C@H]1O. The van der Waals surface area contributed by atoms with Crippen LogP contribution in [0.2, 0.25) is 0 Å². The molecular weight excluding hydrogens is 719 g/mol. The predicted molar refractivity (Wildman–Crippen MR) is 226 cm³/mol. The maximum atomic E-state index is 10.8. The van der Waals surface area contributed by atoms with Crippen LogP contribution in [-0.4, -0.2) is 69.1 Å². The molecule has 2 aromatic rings. The fourth-order valence-corrected chi connectivity index (χ4v) is 10.4. The lowest BCUT2D eigenvalue weighted by molar-refractivity contribution is -0.139. The number of ether oxygens (including phenoxy) is 2. The quantitative estimate of drug-likeness (QED) is 0.0876. The Bertz CT molecular complexity index is 1540. The number of hydrogen-bond acceptors (Lipinski definition) is 8. The van der Waals surface area contributed by atoms with Crippen molar-refractivity contribution in [1.29, 1.82) is 5.26 Å². The van der Waals surface area contributed by atoms with Crippen LogP contribution in [-0.2, 0) is 30.5 Å². The zero-order chi connectivity index (χ0) is 39.3. The number of fused-ring (bicyclic) bond motifs is 4. The van der Waals surface area contributed by atoms with E-state index in [1.54, 1.807) is 0 Å². The van der Waals surface area contributed by atoms with E-state index in [4.69, 9.17) is 19.8 Å². The highest BCUT2D eigenvalue weighted by atomic mass is 16.5. The van der Waals surface area contributed by atoms with E-state index >= 15 is 0 Å². The van der Waals surface area contributed by atoms with Crippen LogP contribution in [0.15, 0.2) is 36.4 Å². The van der Waals surface area contributed by atoms with Crippen molar-refractivity contribution in [2.75, 3.05) is 13.2 Å². The van der Waals surface area contributed by atoms with Crippen molar-refractivity contribution in [3.05, 3.63) is 58.7 Å². The Morgan fingerprint density at radius 3 is 1.60 bits per heavy atom. The summed E-state index contributed by atoms with van der Waals surface area (Å²) in [5, 5.41) is 59.6. The number of aliphatic carboxylic acids is 1. The first kappa shape index (κ1) is 48.2. The van der Waals surface area contributed by atoms with Gasteiger partial charge in [0.2, 0.25) is 0 Å². The lowest BCUT2D eigenvalue weighted by Gasteiger charge is -2.32. The van der Waals surface area contributed by atoms with E-state index in [0.29, 0.717) is 29.4 Å². The molecule has 0 saturated heterocycles. The number of carboxylic acids is 1. The molecule has 0 radical (unpaired) electrons. The highest BCUT2D eigenvalue weighted by molar-refractivity contribution is 5.68. The molecule has 4 aliphatic carbocycles. The van der Waals surface area contributed by atoms with Crippen LogP contribution < -0.4 is 9.47 Å². The minimum atomic E-state index is -0.972. The number of hydrogen-bond donors (Lipinski definition) is 5. The molecular formula is C48H75NO8. The zero-order valence-corrected chi connectivity index (χ0v) is 33.3. The topological polar surface area (TPSA) is 160 Å². The van der Waals surface area contributed by atoms with Gasteiger partial charge in [-0.3, -0.25) is 0 Å². The number of unbranched alkanes of at least 4 members (excludes halogenated alkanes) is 4. The van der Waals surface area contributed by atoms with Crippen molar-refractivity contribution in [2.24, 2.45) is 35.5 Å². The Morgan fingerprint density at radius 1 is 0.719 bits per heavy atom. The molecule has 9 nitrogen and oxygen atoms in total. The molecule has 10 atom stereocenters. The second-order valence-corrected chi connectivity index (χ2v) is 17.0. The summed E-state index contributed by atoms with van der Waals surface area (Å²) in [5.41, 5.74) is 4.85. The summed E-state index contributed by atoms with van der Waals surface area (Å²) in [6.07, 6.45) is 16.1. The van der Waals surface area contributed by atoms with Gasteiger partial charge in [0.05, 0.1) is 24.4 Å². The van der Waals surface area contributed by atoms with Gasteiger partial charge in [-0.05, 0) is 147 Å². The summed E-state index contributed by atoms with van der Waals surface area (Å²) in [6, 6.07) is 14.0. The van der Waals surface area contributed by atoms with E-state index in [1.807, 2.05) is 30.3 Å². The van der Waals surface area contributed by atoms with Gasteiger partial charge in [-0.15, -0.1) is 0 Å². The van der Waals surface area contributed by atoms with Crippen LogP contribution in [0, 0.1) is 46.8 Å². The standard InChI is InChI=1S/C23H33NO3.C23H34O5.2CH4/c1-2-3-4-7-18(25)9-10-19-20-13-16-6-5-8-23(27-12-11-24)21(16)14-17(20)15-22(19)26;1-2-3-4-7-17(24)9-10-18-19-11-15-6-5-8-22(28-14-23(26)27)20(15)12-16(19)13-21(18)25;;/h5-6,8,17-20,22,25-26H,2-4,7,9-10,12-15H2,1H3;5-6,8,16-19,21,24-25H,2-4,7,9-14H2,1H3,(H,26,27);2*1H4/t17-,18+,19+,20-,22+;16-,17+,18+,19-,21+;;/m00../s1. The van der Waals surface area contributed by atoms with E-state index in [-0.39, 0.29) is 64.3 Å². The number of carboxylic acid groups (broad SMARTS) is 1. The first-order chi connectivity index (χ1) is 26.6. The zero-order valence-electron chi connectivity index (χ0n) is 33.3. The van der Waals surface area contributed by atoms with Crippen LogP contribution in [0.1, 0.15) is 141 Å². The summed E-state index contributed by atoms with van der Waals surface area (Å²) in [5.74, 6) is 2.84. The normalized spacial score (nSPS) is 26.3. The third kappa shape index (κ3) is 13.2.